The van der Waals surface area contributed by atoms with Crippen LogP contribution in [0, 0.1) is 0 Å². The Labute approximate surface area is 95.4 Å². The molecule has 1 rings (SSSR count). The molecule has 16 heavy (non-hydrogen) atoms. The molecular formula is C13H15NO2. The number of rotatable bonds is 5. The van der Waals surface area contributed by atoms with Crippen molar-refractivity contribution >= 4 is 5.97 Å². The second kappa shape index (κ2) is 7.29. The number of methoxy groups -OCH3 is 1. The molecule has 3 nitrogen and oxygen atoms in total. The highest BCUT2D eigenvalue weighted by atomic mass is 16.5. The molecule has 0 unspecified atom stereocenters. The van der Waals surface area contributed by atoms with Gasteiger partial charge in [0.25, 0.3) is 0 Å². The van der Waals surface area contributed by atoms with Crippen LogP contribution in [0.25, 0.3) is 0 Å². The largest absolute Gasteiger partial charge is 0.466 e. The van der Waals surface area contributed by atoms with Gasteiger partial charge in [-0.3, -0.25) is 0 Å². The van der Waals surface area contributed by atoms with E-state index in [2.05, 4.69) is 10.1 Å². The molecule has 84 valence electrons. The minimum atomic E-state index is -0.354. The second-order valence-corrected chi connectivity index (χ2v) is 3.11. The molecular weight excluding hydrogens is 202 g/mol. The number of hydrogen-bond donors (Lipinski definition) is 1. The zero-order valence-electron chi connectivity index (χ0n) is 9.22. The number of hydrogen-bond acceptors (Lipinski definition) is 3. The Morgan fingerprint density at radius 2 is 2.06 bits per heavy atom. The van der Waals surface area contributed by atoms with Crippen LogP contribution >= 0.6 is 0 Å². The molecule has 0 aliphatic rings. The van der Waals surface area contributed by atoms with Crippen LogP contribution in [0.5, 0.6) is 0 Å². The summed E-state index contributed by atoms with van der Waals surface area (Å²) in [4.78, 5) is 10.7. The highest BCUT2D eigenvalue weighted by Crippen LogP contribution is 1.96. The summed E-state index contributed by atoms with van der Waals surface area (Å²) in [6.07, 6.45) is 6.52. The highest BCUT2D eigenvalue weighted by molar-refractivity contribution is 5.82. The third kappa shape index (κ3) is 5.00. The average Bonchev–Trinajstić information content (AvgIpc) is 2.34. The first kappa shape index (κ1) is 12.0. The number of benzene rings is 1. The molecule has 0 radical (unpaired) electrons. The van der Waals surface area contributed by atoms with Crippen LogP contribution in [0.15, 0.2) is 54.8 Å². The predicted molar refractivity (Wildman–Crippen MR) is 63.6 cm³/mol. The number of carbonyl (C=O) groups excluding carboxylic acids is 1. The van der Waals surface area contributed by atoms with Gasteiger partial charge < -0.3 is 10.1 Å². The van der Waals surface area contributed by atoms with E-state index in [-0.39, 0.29) is 5.97 Å². The Bertz CT molecular complexity index is 369. The summed E-state index contributed by atoms with van der Waals surface area (Å²) in [5, 5.41) is 3.11. The Balaban J connectivity index is 2.23. The summed E-state index contributed by atoms with van der Waals surface area (Å²) >= 11 is 0. The molecule has 0 aromatic heterocycles. The summed E-state index contributed by atoms with van der Waals surface area (Å²) in [6, 6.07) is 10.1. The Hall–Kier alpha value is -2.03. The van der Waals surface area contributed by atoms with E-state index in [0.717, 1.165) is 6.54 Å². The summed E-state index contributed by atoms with van der Waals surface area (Å²) in [5.41, 5.74) is 1.21. The molecule has 0 fully saturated rings. The van der Waals surface area contributed by atoms with E-state index in [0.29, 0.717) is 0 Å². The Kier molecular flexibility index (Phi) is 5.48. The fourth-order valence-electron chi connectivity index (χ4n) is 1.10. The summed E-state index contributed by atoms with van der Waals surface area (Å²) in [7, 11) is 1.35. The molecule has 0 heterocycles. The van der Waals surface area contributed by atoms with Crippen molar-refractivity contribution in [1.82, 2.24) is 5.32 Å². The van der Waals surface area contributed by atoms with Crippen molar-refractivity contribution in [2.45, 2.75) is 6.54 Å². The third-order valence-corrected chi connectivity index (χ3v) is 1.91. The van der Waals surface area contributed by atoms with Crippen molar-refractivity contribution < 1.29 is 9.53 Å². The van der Waals surface area contributed by atoms with Gasteiger partial charge in [0, 0.05) is 12.6 Å². The van der Waals surface area contributed by atoms with Crippen LogP contribution < -0.4 is 5.32 Å². The van der Waals surface area contributed by atoms with E-state index in [4.69, 9.17) is 0 Å². The minimum absolute atomic E-state index is 0.354. The fraction of sp³-hybridized carbons (Fsp3) is 0.154. The van der Waals surface area contributed by atoms with Crippen molar-refractivity contribution in [3.05, 3.63) is 60.3 Å². The minimum Gasteiger partial charge on any atom is -0.466 e. The standard InChI is InChI=1S/C13H15NO2/c1-16-13(15)9-5-6-10-14-11-12-7-3-2-4-8-12/h2-10,14H,11H2,1H3/b9-5+,10-6+. The lowest BCUT2D eigenvalue weighted by Crippen LogP contribution is -2.03. The summed E-state index contributed by atoms with van der Waals surface area (Å²) < 4.78 is 4.45. The average molecular weight is 217 g/mol. The fourth-order valence-corrected chi connectivity index (χ4v) is 1.10. The van der Waals surface area contributed by atoms with Crippen LogP contribution in [0.4, 0.5) is 0 Å². The van der Waals surface area contributed by atoms with Gasteiger partial charge in [0.15, 0.2) is 0 Å². The maximum absolute atomic E-state index is 10.7. The van der Waals surface area contributed by atoms with E-state index < -0.39 is 0 Å². The number of nitrogens with one attached hydrogen (secondary N) is 1. The van der Waals surface area contributed by atoms with Crippen LogP contribution in [0.1, 0.15) is 5.56 Å². The van der Waals surface area contributed by atoms with E-state index in [9.17, 15) is 4.79 Å². The molecule has 0 saturated carbocycles. The smallest absolute Gasteiger partial charge is 0.330 e. The van der Waals surface area contributed by atoms with Crippen LogP contribution in [-0.4, -0.2) is 13.1 Å². The lowest BCUT2D eigenvalue weighted by atomic mass is 10.2. The zero-order chi connectivity index (χ0) is 11.6. The molecule has 3 heteroatoms. The Morgan fingerprint density at radius 3 is 2.75 bits per heavy atom. The molecule has 0 amide bonds. The van der Waals surface area contributed by atoms with Crippen molar-refractivity contribution in [1.29, 1.82) is 0 Å². The lowest BCUT2D eigenvalue weighted by Gasteiger charge is -1.99. The Morgan fingerprint density at radius 1 is 1.31 bits per heavy atom. The van der Waals surface area contributed by atoms with Crippen LogP contribution in [0.3, 0.4) is 0 Å². The van der Waals surface area contributed by atoms with E-state index >= 15 is 0 Å². The number of esters is 1. The predicted octanol–water partition coefficient (Wildman–Crippen LogP) is 2.02. The maximum atomic E-state index is 10.7. The van der Waals surface area contributed by atoms with Crippen molar-refractivity contribution in [2.24, 2.45) is 0 Å². The molecule has 0 spiro atoms. The third-order valence-electron chi connectivity index (χ3n) is 1.91. The molecule has 1 aromatic rings. The topological polar surface area (TPSA) is 38.3 Å². The molecule has 0 aliphatic carbocycles. The zero-order valence-corrected chi connectivity index (χ0v) is 9.22. The second-order valence-electron chi connectivity index (χ2n) is 3.11. The van der Waals surface area contributed by atoms with Gasteiger partial charge in [-0.25, -0.2) is 4.79 Å². The number of allylic oxidation sites excluding steroid dienone is 2. The molecule has 0 saturated heterocycles. The molecule has 1 N–H and O–H groups in total. The quantitative estimate of drug-likeness (QED) is 0.466. The van der Waals surface area contributed by atoms with E-state index in [1.807, 2.05) is 30.3 Å². The maximum Gasteiger partial charge on any atom is 0.330 e. The van der Waals surface area contributed by atoms with Gasteiger partial charge in [-0.15, -0.1) is 0 Å². The van der Waals surface area contributed by atoms with Gasteiger partial charge in [0.05, 0.1) is 7.11 Å². The van der Waals surface area contributed by atoms with Crippen LogP contribution in [-0.2, 0) is 16.1 Å². The molecule has 0 bridgehead atoms. The van der Waals surface area contributed by atoms with Gasteiger partial charge in [-0.1, -0.05) is 36.4 Å². The lowest BCUT2D eigenvalue weighted by molar-refractivity contribution is -0.134. The SMILES string of the molecule is COC(=O)/C=C/C=C/NCc1ccccc1. The van der Waals surface area contributed by atoms with E-state index in [1.54, 1.807) is 18.4 Å². The van der Waals surface area contributed by atoms with Gasteiger partial charge in [-0.05, 0) is 17.8 Å². The first-order valence-electron chi connectivity index (χ1n) is 5.01. The first-order valence-corrected chi connectivity index (χ1v) is 5.01. The van der Waals surface area contributed by atoms with Crippen LogP contribution in [0.2, 0.25) is 0 Å². The van der Waals surface area contributed by atoms with E-state index in [1.165, 1.54) is 18.7 Å². The van der Waals surface area contributed by atoms with Crippen molar-refractivity contribution in [3.8, 4) is 0 Å². The molecule has 0 atom stereocenters. The number of ether oxygens (including phenoxy) is 1. The monoisotopic (exact) mass is 217 g/mol. The normalized spacial score (nSPS) is 10.8. The van der Waals surface area contributed by atoms with Crippen molar-refractivity contribution in [3.63, 3.8) is 0 Å². The first-order chi connectivity index (χ1) is 7.83. The molecule has 1 aromatic carbocycles. The summed E-state index contributed by atoms with van der Waals surface area (Å²) in [5.74, 6) is -0.354. The van der Waals surface area contributed by atoms with Gasteiger partial charge in [0.1, 0.15) is 0 Å². The molecule has 0 aliphatic heterocycles. The van der Waals surface area contributed by atoms with Crippen molar-refractivity contribution in [2.75, 3.05) is 7.11 Å². The van der Waals surface area contributed by atoms with Gasteiger partial charge in [-0.2, -0.15) is 0 Å². The number of carbonyl (C=O) groups is 1. The van der Waals surface area contributed by atoms with Gasteiger partial charge >= 0.3 is 5.97 Å². The van der Waals surface area contributed by atoms with Gasteiger partial charge in [0.2, 0.25) is 0 Å². The highest BCUT2D eigenvalue weighted by Gasteiger charge is 1.87. The summed E-state index contributed by atoms with van der Waals surface area (Å²) in [6.45, 7) is 0.767.